The smallest absolute Gasteiger partial charge is 0.245 e. The van der Waals surface area contributed by atoms with Gasteiger partial charge in [0.25, 0.3) is 0 Å². The zero-order valence-electron chi connectivity index (χ0n) is 12.0. The highest BCUT2D eigenvalue weighted by atomic mass is 19.1. The van der Waals surface area contributed by atoms with E-state index in [4.69, 9.17) is 4.52 Å². The highest BCUT2D eigenvalue weighted by Crippen LogP contribution is 2.27. The monoisotopic (exact) mass is 301 g/mol. The predicted octanol–water partition coefficient (Wildman–Crippen LogP) is 2.77. The van der Waals surface area contributed by atoms with Crippen molar-refractivity contribution < 1.29 is 13.7 Å². The van der Waals surface area contributed by atoms with Crippen molar-refractivity contribution in [3.63, 3.8) is 0 Å². The molecular weight excluding hydrogens is 285 g/mol. The molecule has 0 saturated carbocycles. The molecule has 1 aromatic carbocycles. The Labute approximate surface area is 127 Å². The van der Waals surface area contributed by atoms with Gasteiger partial charge in [-0.15, -0.1) is 0 Å². The Balaban J connectivity index is 1.77. The lowest BCUT2D eigenvalue weighted by Gasteiger charge is -2.30. The molecule has 5 nitrogen and oxygen atoms in total. The molecule has 1 unspecified atom stereocenters. The van der Waals surface area contributed by atoms with Gasteiger partial charge in [0.1, 0.15) is 5.82 Å². The van der Waals surface area contributed by atoms with Crippen molar-refractivity contribution in [1.82, 2.24) is 15.0 Å². The molecule has 0 spiro atoms. The maximum atomic E-state index is 12.9. The van der Waals surface area contributed by atoms with Gasteiger partial charge in [-0.3, -0.25) is 4.79 Å². The van der Waals surface area contributed by atoms with Gasteiger partial charge in [0.2, 0.25) is 17.6 Å². The minimum Gasteiger partial charge on any atom is -0.339 e. The summed E-state index contributed by atoms with van der Waals surface area (Å²) in [5, 5.41) is 3.95. The first kappa shape index (κ1) is 14.4. The molecule has 1 aromatic heterocycles. The van der Waals surface area contributed by atoms with E-state index in [0.717, 1.165) is 19.4 Å². The molecular formula is C16H16FN3O2. The van der Waals surface area contributed by atoms with E-state index in [-0.39, 0.29) is 17.6 Å². The summed E-state index contributed by atoms with van der Waals surface area (Å²) in [6, 6.07) is 5.93. The van der Waals surface area contributed by atoms with E-state index in [1.165, 1.54) is 18.2 Å². The lowest BCUT2D eigenvalue weighted by molar-refractivity contribution is -0.127. The lowest BCUT2D eigenvalue weighted by Crippen LogP contribution is -2.38. The number of carbonyl (C=O) groups is 1. The van der Waals surface area contributed by atoms with Crippen LogP contribution < -0.4 is 0 Å². The van der Waals surface area contributed by atoms with Crippen LogP contribution in [0.3, 0.4) is 0 Å². The minimum absolute atomic E-state index is 0.0272. The Hall–Kier alpha value is -2.50. The number of benzene rings is 1. The van der Waals surface area contributed by atoms with Crippen molar-refractivity contribution >= 4 is 5.91 Å². The summed E-state index contributed by atoms with van der Waals surface area (Å²) in [5.74, 6) is 0.587. The van der Waals surface area contributed by atoms with Crippen LogP contribution in [0.25, 0.3) is 11.4 Å². The first-order valence-electron chi connectivity index (χ1n) is 7.18. The van der Waals surface area contributed by atoms with Crippen molar-refractivity contribution in [1.29, 1.82) is 0 Å². The van der Waals surface area contributed by atoms with Gasteiger partial charge in [0, 0.05) is 18.7 Å². The molecule has 0 bridgehead atoms. The zero-order chi connectivity index (χ0) is 15.5. The lowest BCUT2D eigenvalue weighted by atomic mass is 9.98. The number of amides is 1. The van der Waals surface area contributed by atoms with Gasteiger partial charge in [0.05, 0.1) is 5.92 Å². The molecule has 1 fully saturated rings. The highest BCUT2D eigenvalue weighted by molar-refractivity contribution is 5.87. The van der Waals surface area contributed by atoms with Gasteiger partial charge in [-0.1, -0.05) is 11.7 Å². The molecule has 2 aromatic rings. The molecule has 1 atom stereocenters. The Kier molecular flexibility index (Phi) is 4.00. The van der Waals surface area contributed by atoms with Gasteiger partial charge in [0.15, 0.2) is 0 Å². The summed E-state index contributed by atoms with van der Waals surface area (Å²) in [5.41, 5.74) is 0.700. The van der Waals surface area contributed by atoms with Crippen LogP contribution in [0, 0.1) is 5.82 Å². The number of aromatic nitrogens is 2. The van der Waals surface area contributed by atoms with Crippen molar-refractivity contribution in [3.05, 3.63) is 48.6 Å². The Morgan fingerprint density at radius 3 is 2.91 bits per heavy atom. The van der Waals surface area contributed by atoms with E-state index in [1.807, 2.05) is 0 Å². The second kappa shape index (κ2) is 6.09. The number of hydrogen-bond donors (Lipinski definition) is 0. The van der Waals surface area contributed by atoms with Crippen molar-refractivity contribution in [2.24, 2.45) is 0 Å². The van der Waals surface area contributed by atoms with Crippen molar-refractivity contribution in [2.75, 3.05) is 13.1 Å². The summed E-state index contributed by atoms with van der Waals surface area (Å²) < 4.78 is 18.3. The molecule has 114 valence electrons. The van der Waals surface area contributed by atoms with Crippen LogP contribution in [0.2, 0.25) is 0 Å². The van der Waals surface area contributed by atoms with Crippen LogP contribution in [0.4, 0.5) is 4.39 Å². The van der Waals surface area contributed by atoms with Crippen LogP contribution in [0.5, 0.6) is 0 Å². The molecule has 3 rings (SSSR count). The predicted molar refractivity (Wildman–Crippen MR) is 78.4 cm³/mol. The van der Waals surface area contributed by atoms with Crippen LogP contribution in [-0.2, 0) is 4.79 Å². The molecule has 0 radical (unpaired) electrons. The number of halogens is 1. The summed E-state index contributed by atoms with van der Waals surface area (Å²) in [7, 11) is 0. The largest absolute Gasteiger partial charge is 0.339 e. The fourth-order valence-electron chi connectivity index (χ4n) is 2.63. The van der Waals surface area contributed by atoms with E-state index in [2.05, 4.69) is 16.7 Å². The fourth-order valence-corrected chi connectivity index (χ4v) is 2.63. The van der Waals surface area contributed by atoms with Crippen LogP contribution >= 0.6 is 0 Å². The Bertz CT molecular complexity index is 681. The summed E-state index contributed by atoms with van der Waals surface area (Å²) >= 11 is 0. The molecule has 1 saturated heterocycles. The molecule has 1 aliphatic rings. The maximum absolute atomic E-state index is 12.9. The number of carbonyl (C=O) groups excluding carboxylic acids is 1. The topological polar surface area (TPSA) is 59.2 Å². The number of nitrogens with zero attached hydrogens (tertiary/aromatic N) is 3. The molecule has 1 aliphatic heterocycles. The van der Waals surface area contributed by atoms with E-state index in [1.54, 1.807) is 17.0 Å². The Morgan fingerprint density at radius 2 is 2.18 bits per heavy atom. The maximum Gasteiger partial charge on any atom is 0.245 e. The molecule has 2 heterocycles. The quantitative estimate of drug-likeness (QED) is 0.818. The van der Waals surface area contributed by atoms with Gasteiger partial charge >= 0.3 is 0 Å². The standard InChI is InChI=1S/C16H16FN3O2/c1-2-14(21)20-9-3-4-12(10-20)16-18-15(19-22-16)11-5-7-13(17)8-6-11/h2,5-8,12H,1,3-4,9-10H2. The summed E-state index contributed by atoms with van der Waals surface area (Å²) in [4.78, 5) is 17.8. The van der Waals surface area contributed by atoms with Gasteiger partial charge in [-0.2, -0.15) is 4.98 Å². The molecule has 6 heteroatoms. The Morgan fingerprint density at radius 1 is 1.41 bits per heavy atom. The van der Waals surface area contributed by atoms with E-state index < -0.39 is 0 Å². The number of hydrogen-bond acceptors (Lipinski definition) is 4. The van der Waals surface area contributed by atoms with Gasteiger partial charge in [-0.25, -0.2) is 4.39 Å². The molecule has 0 aliphatic carbocycles. The third-order valence-electron chi connectivity index (χ3n) is 3.80. The molecule has 22 heavy (non-hydrogen) atoms. The van der Waals surface area contributed by atoms with Gasteiger partial charge < -0.3 is 9.42 Å². The first-order chi connectivity index (χ1) is 10.7. The second-order valence-electron chi connectivity index (χ2n) is 5.29. The van der Waals surface area contributed by atoms with Crippen LogP contribution in [0.15, 0.2) is 41.4 Å². The fraction of sp³-hybridized carbons (Fsp3) is 0.312. The summed E-state index contributed by atoms with van der Waals surface area (Å²) in [6.07, 6.45) is 3.10. The zero-order valence-corrected chi connectivity index (χ0v) is 12.0. The third-order valence-corrected chi connectivity index (χ3v) is 3.80. The average molecular weight is 301 g/mol. The SMILES string of the molecule is C=CC(=O)N1CCCC(c2nc(-c3ccc(F)cc3)no2)C1. The van der Waals surface area contributed by atoms with Crippen molar-refractivity contribution in [3.8, 4) is 11.4 Å². The second-order valence-corrected chi connectivity index (χ2v) is 5.29. The average Bonchev–Trinajstić information content (AvgIpc) is 3.05. The van der Waals surface area contributed by atoms with E-state index in [9.17, 15) is 9.18 Å². The van der Waals surface area contributed by atoms with Crippen molar-refractivity contribution in [2.45, 2.75) is 18.8 Å². The van der Waals surface area contributed by atoms with E-state index >= 15 is 0 Å². The first-order valence-corrected chi connectivity index (χ1v) is 7.18. The van der Waals surface area contributed by atoms with Crippen LogP contribution in [-0.4, -0.2) is 34.0 Å². The third kappa shape index (κ3) is 2.90. The van der Waals surface area contributed by atoms with Gasteiger partial charge in [-0.05, 0) is 43.2 Å². The summed E-state index contributed by atoms with van der Waals surface area (Å²) in [6.45, 7) is 4.79. The van der Waals surface area contributed by atoms with Crippen LogP contribution in [0.1, 0.15) is 24.7 Å². The molecule has 0 N–H and O–H groups in total. The number of piperidine rings is 1. The normalized spacial score (nSPS) is 18.2. The highest BCUT2D eigenvalue weighted by Gasteiger charge is 2.27. The molecule has 1 amide bonds. The number of rotatable bonds is 3. The van der Waals surface area contributed by atoms with E-state index in [0.29, 0.717) is 23.8 Å². The number of likely N-dealkylation sites (tertiary alicyclic amines) is 1. The minimum atomic E-state index is -0.307.